The average Bonchev–Trinajstić information content (AvgIpc) is 3.12. The SMILES string of the molecule is CCOC(=O)OC(C)OC(=O)c1ccnc(-c2ccc3c(c2)c(C#N)nn3C(C)C)c1. The standard InChI is InChI=1S/C22H22N4O5/c1-5-29-22(28)31-14(4)30-21(27)16-8-9-24-18(11-16)15-6-7-20-17(10-15)19(12-23)25-26(20)13(2)3/h6-11,13-14H,5H2,1-4H3. The number of nitriles is 1. The van der Waals surface area contributed by atoms with Crippen LogP contribution in [-0.4, -0.2) is 39.8 Å². The quantitative estimate of drug-likeness (QED) is 0.428. The van der Waals surface area contributed by atoms with Crippen LogP contribution in [0.5, 0.6) is 0 Å². The van der Waals surface area contributed by atoms with Gasteiger partial charge in [0, 0.05) is 30.1 Å². The number of fused-ring (bicyclic) bond motifs is 1. The second kappa shape index (κ2) is 9.26. The van der Waals surface area contributed by atoms with E-state index < -0.39 is 18.4 Å². The van der Waals surface area contributed by atoms with Gasteiger partial charge in [-0.1, -0.05) is 6.07 Å². The molecule has 0 radical (unpaired) electrons. The topological polar surface area (TPSA) is 116 Å². The van der Waals surface area contributed by atoms with Crippen LogP contribution in [0.15, 0.2) is 36.5 Å². The summed E-state index contributed by atoms with van der Waals surface area (Å²) < 4.78 is 16.4. The normalized spacial score (nSPS) is 11.7. The lowest BCUT2D eigenvalue weighted by Gasteiger charge is -2.13. The molecule has 0 aliphatic carbocycles. The smallest absolute Gasteiger partial charge is 0.435 e. The summed E-state index contributed by atoms with van der Waals surface area (Å²) in [5, 5.41) is 14.5. The fraction of sp³-hybridized carbons (Fsp3) is 0.318. The Hall–Kier alpha value is -3.93. The second-order valence-electron chi connectivity index (χ2n) is 6.93. The molecule has 2 heterocycles. The summed E-state index contributed by atoms with van der Waals surface area (Å²) in [4.78, 5) is 28.1. The second-order valence-corrected chi connectivity index (χ2v) is 6.93. The van der Waals surface area contributed by atoms with Crippen LogP contribution >= 0.6 is 0 Å². The molecule has 0 N–H and O–H groups in total. The molecule has 0 fully saturated rings. The van der Waals surface area contributed by atoms with Crippen LogP contribution in [0.1, 0.15) is 49.8 Å². The van der Waals surface area contributed by atoms with Gasteiger partial charge in [0.15, 0.2) is 5.69 Å². The summed E-state index contributed by atoms with van der Waals surface area (Å²) in [7, 11) is 0. The van der Waals surface area contributed by atoms with Gasteiger partial charge in [0.1, 0.15) is 6.07 Å². The fourth-order valence-corrected chi connectivity index (χ4v) is 3.02. The van der Waals surface area contributed by atoms with Crippen LogP contribution in [0.4, 0.5) is 4.79 Å². The summed E-state index contributed by atoms with van der Waals surface area (Å²) in [5.41, 5.74) is 2.65. The molecule has 0 aliphatic rings. The number of hydrogen-bond acceptors (Lipinski definition) is 8. The highest BCUT2D eigenvalue weighted by Gasteiger charge is 2.18. The molecule has 3 rings (SSSR count). The van der Waals surface area contributed by atoms with Crippen molar-refractivity contribution in [3.8, 4) is 17.3 Å². The number of carbonyl (C=O) groups excluding carboxylic acids is 2. The van der Waals surface area contributed by atoms with Gasteiger partial charge in [-0.05, 0) is 45.0 Å². The van der Waals surface area contributed by atoms with E-state index in [1.165, 1.54) is 19.2 Å². The Bertz CT molecular complexity index is 1160. The molecule has 31 heavy (non-hydrogen) atoms. The van der Waals surface area contributed by atoms with Gasteiger partial charge in [-0.2, -0.15) is 10.4 Å². The maximum absolute atomic E-state index is 12.4. The summed E-state index contributed by atoms with van der Waals surface area (Å²) in [6.45, 7) is 7.19. The number of nitrogens with zero attached hydrogens (tertiary/aromatic N) is 4. The predicted molar refractivity (Wildman–Crippen MR) is 111 cm³/mol. The lowest BCUT2D eigenvalue weighted by Crippen LogP contribution is -2.22. The molecule has 3 aromatic rings. The van der Waals surface area contributed by atoms with E-state index in [0.29, 0.717) is 16.8 Å². The van der Waals surface area contributed by atoms with E-state index >= 15 is 0 Å². The first kappa shape index (κ1) is 21.8. The van der Waals surface area contributed by atoms with Crippen LogP contribution < -0.4 is 0 Å². The highest BCUT2D eigenvalue weighted by atomic mass is 16.8. The summed E-state index contributed by atoms with van der Waals surface area (Å²) >= 11 is 0. The molecule has 0 spiro atoms. The molecule has 0 amide bonds. The minimum absolute atomic E-state index is 0.102. The van der Waals surface area contributed by atoms with E-state index in [0.717, 1.165) is 11.1 Å². The molecule has 0 saturated heterocycles. The Morgan fingerprint density at radius 1 is 1.16 bits per heavy atom. The van der Waals surface area contributed by atoms with Crippen molar-refractivity contribution in [1.82, 2.24) is 14.8 Å². The summed E-state index contributed by atoms with van der Waals surface area (Å²) in [6, 6.07) is 10.8. The number of aromatic nitrogens is 3. The monoisotopic (exact) mass is 422 g/mol. The van der Waals surface area contributed by atoms with E-state index in [-0.39, 0.29) is 18.2 Å². The first-order chi connectivity index (χ1) is 14.8. The van der Waals surface area contributed by atoms with Gasteiger partial charge in [-0.15, -0.1) is 0 Å². The largest absolute Gasteiger partial charge is 0.511 e. The number of ether oxygens (including phenoxy) is 3. The van der Waals surface area contributed by atoms with Gasteiger partial charge in [-0.3, -0.25) is 9.67 Å². The molecule has 160 valence electrons. The van der Waals surface area contributed by atoms with Crippen molar-refractivity contribution in [3.63, 3.8) is 0 Å². The zero-order valence-electron chi connectivity index (χ0n) is 17.7. The minimum atomic E-state index is -1.11. The molecular formula is C22H22N4O5. The van der Waals surface area contributed by atoms with Crippen molar-refractivity contribution in [1.29, 1.82) is 5.26 Å². The van der Waals surface area contributed by atoms with Gasteiger partial charge in [0.2, 0.25) is 6.29 Å². The molecule has 1 aromatic carbocycles. The van der Waals surface area contributed by atoms with Crippen molar-refractivity contribution in [2.45, 2.75) is 40.0 Å². The first-order valence-corrected chi connectivity index (χ1v) is 9.77. The molecule has 0 aliphatic heterocycles. The van der Waals surface area contributed by atoms with E-state index in [2.05, 4.69) is 20.9 Å². The number of esters is 1. The lowest BCUT2D eigenvalue weighted by molar-refractivity contribution is -0.0811. The van der Waals surface area contributed by atoms with E-state index in [9.17, 15) is 14.9 Å². The van der Waals surface area contributed by atoms with Crippen molar-refractivity contribution < 1.29 is 23.8 Å². The zero-order chi connectivity index (χ0) is 22.5. The molecule has 1 atom stereocenters. The van der Waals surface area contributed by atoms with Crippen LogP contribution in [0.3, 0.4) is 0 Å². The Kier molecular flexibility index (Phi) is 6.50. The van der Waals surface area contributed by atoms with Gasteiger partial charge < -0.3 is 14.2 Å². The van der Waals surface area contributed by atoms with Crippen LogP contribution in [0.25, 0.3) is 22.2 Å². The van der Waals surface area contributed by atoms with E-state index in [1.54, 1.807) is 17.7 Å². The molecule has 1 unspecified atom stereocenters. The fourth-order valence-electron chi connectivity index (χ4n) is 3.02. The number of rotatable bonds is 6. The van der Waals surface area contributed by atoms with Crippen LogP contribution in [0, 0.1) is 11.3 Å². The predicted octanol–water partition coefficient (Wildman–Crippen LogP) is 4.23. The highest BCUT2D eigenvalue weighted by Crippen LogP contribution is 2.27. The maximum Gasteiger partial charge on any atom is 0.511 e. The van der Waals surface area contributed by atoms with Gasteiger partial charge >= 0.3 is 12.1 Å². The molecule has 0 saturated carbocycles. The zero-order valence-corrected chi connectivity index (χ0v) is 17.7. The number of pyridine rings is 1. The van der Waals surface area contributed by atoms with Crippen molar-refractivity contribution >= 4 is 23.0 Å². The Morgan fingerprint density at radius 3 is 2.61 bits per heavy atom. The summed E-state index contributed by atoms with van der Waals surface area (Å²) in [6.07, 6.45) is -0.545. The third-order valence-corrected chi connectivity index (χ3v) is 4.39. The summed E-state index contributed by atoms with van der Waals surface area (Å²) in [5.74, 6) is -0.674. The minimum Gasteiger partial charge on any atom is -0.435 e. The van der Waals surface area contributed by atoms with Crippen molar-refractivity contribution in [2.75, 3.05) is 6.61 Å². The number of hydrogen-bond donors (Lipinski definition) is 0. The van der Waals surface area contributed by atoms with Crippen molar-refractivity contribution in [2.24, 2.45) is 0 Å². The van der Waals surface area contributed by atoms with E-state index in [4.69, 9.17) is 9.47 Å². The Balaban J connectivity index is 1.86. The average molecular weight is 422 g/mol. The first-order valence-electron chi connectivity index (χ1n) is 9.77. The Morgan fingerprint density at radius 2 is 1.94 bits per heavy atom. The van der Waals surface area contributed by atoms with Gasteiger partial charge in [-0.25, -0.2) is 9.59 Å². The number of carbonyl (C=O) groups is 2. The van der Waals surface area contributed by atoms with Crippen LogP contribution in [-0.2, 0) is 14.2 Å². The maximum atomic E-state index is 12.4. The van der Waals surface area contributed by atoms with Gasteiger partial charge in [0.25, 0.3) is 0 Å². The van der Waals surface area contributed by atoms with E-state index in [1.807, 2.05) is 32.0 Å². The lowest BCUT2D eigenvalue weighted by atomic mass is 10.1. The molecular weight excluding hydrogens is 400 g/mol. The van der Waals surface area contributed by atoms with Crippen molar-refractivity contribution in [3.05, 3.63) is 47.8 Å². The highest BCUT2D eigenvalue weighted by molar-refractivity contribution is 5.92. The third-order valence-electron chi connectivity index (χ3n) is 4.39. The Labute approximate surface area is 179 Å². The molecule has 9 heteroatoms. The molecule has 0 bridgehead atoms. The molecule has 2 aromatic heterocycles. The number of benzene rings is 1. The molecule has 9 nitrogen and oxygen atoms in total. The van der Waals surface area contributed by atoms with Crippen LogP contribution in [0.2, 0.25) is 0 Å². The third kappa shape index (κ3) is 4.80. The van der Waals surface area contributed by atoms with Gasteiger partial charge in [0.05, 0.1) is 23.4 Å².